The van der Waals surface area contributed by atoms with E-state index in [4.69, 9.17) is 0 Å². The molecule has 2 fully saturated rings. The van der Waals surface area contributed by atoms with Crippen molar-refractivity contribution in [1.29, 1.82) is 0 Å². The van der Waals surface area contributed by atoms with E-state index in [0.29, 0.717) is 56.8 Å². The first-order valence-electron chi connectivity index (χ1n) is 14.3. The molecule has 2 heterocycles. The Balaban J connectivity index is 1.52. The Bertz CT molecular complexity index is 880. The van der Waals surface area contributed by atoms with Crippen molar-refractivity contribution < 1.29 is 14.4 Å². The van der Waals surface area contributed by atoms with E-state index in [1.807, 2.05) is 39.9 Å². The Labute approximate surface area is 223 Å². The smallest absolute Gasteiger partial charge is 0.245 e. The number of rotatable bonds is 11. The van der Waals surface area contributed by atoms with E-state index in [0.717, 1.165) is 32.2 Å². The van der Waals surface area contributed by atoms with Crippen LogP contribution in [-0.2, 0) is 20.8 Å². The molecule has 7 nitrogen and oxygen atoms in total. The van der Waals surface area contributed by atoms with Crippen LogP contribution in [0.1, 0.15) is 65.4 Å². The van der Waals surface area contributed by atoms with Crippen molar-refractivity contribution >= 4 is 17.7 Å². The molecule has 1 aromatic carbocycles. The minimum atomic E-state index is -0.397. The van der Waals surface area contributed by atoms with Gasteiger partial charge in [0, 0.05) is 46.2 Å². The summed E-state index contributed by atoms with van der Waals surface area (Å²) in [6, 6.07) is 9.65. The van der Waals surface area contributed by atoms with E-state index in [2.05, 4.69) is 45.1 Å². The number of likely N-dealkylation sites (N-methyl/N-ethyl adjacent to an activating group) is 1. The number of carbonyl (C=O) groups excluding carboxylic acids is 3. The molecule has 1 N–H and O–H groups in total. The first kappa shape index (κ1) is 29.2. The predicted molar refractivity (Wildman–Crippen MR) is 148 cm³/mol. The van der Waals surface area contributed by atoms with Crippen LogP contribution in [0.3, 0.4) is 0 Å². The van der Waals surface area contributed by atoms with Crippen LogP contribution in [0.15, 0.2) is 30.3 Å². The fourth-order valence-electron chi connectivity index (χ4n) is 5.57. The van der Waals surface area contributed by atoms with E-state index in [1.54, 1.807) is 0 Å². The third-order valence-electron chi connectivity index (χ3n) is 7.78. The lowest BCUT2D eigenvalue weighted by Gasteiger charge is -2.42. The van der Waals surface area contributed by atoms with E-state index in [1.165, 1.54) is 5.56 Å². The van der Waals surface area contributed by atoms with Crippen molar-refractivity contribution in [3.8, 4) is 0 Å². The molecule has 0 aromatic heterocycles. The van der Waals surface area contributed by atoms with Gasteiger partial charge in [0.1, 0.15) is 6.04 Å². The molecule has 37 heavy (non-hydrogen) atoms. The molecule has 3 rings (SSSR count). The summed E-state index contributed by atoms with van der Waals surface area (Å²) in [5.74, 6) is 1.37. The number of piperazine rings is 1. The maximum atomic E-state index is 13.7. The molecule has 3 amide bonds. The number of likely N-dealkylation sites (tertiary alicyclic amines) is 1. The molecule has 1 unspecified atom stereocenters. The third kappa shape index (κ3) is 8.56. The standard InChI is InChI=1S/C30H48N4O3/c1-22(2)19-26-29(36)34(18-14-31-26)27(20-23(3)4)30(37)33-16-12-25(13-17-33)21-28(35)32(5)15-11-24-9-7-6-8-10-24/h6-10,22-23,25-27,31H,11-21H2,1-5H3/t26-,27?/m0/s1. The van der Waals surface area contributed by atoms with Crippen LogP contribution in [0.5, 0.6) is 0 Å². The van der Waals surface area contributed by atoms with Gasteiger partial charge in [0.2, 0.25) is 17.7 Å². The summed E-state index contributed by atoms with van der Waals surface area (Å²) >= 11 is 0. The molecule has 0 saturated carbocycles. The predicted octanol–water partition coefficient (Wildman–Crippen LogP) is 3.58. The highest BCUT2D eigenvalue weighted by Gasteiger charge is 2.39. The molecule has 0 bridgehead atoms. The number of hydrogen-bond acceptors (Lipinski definition) is 4. The largest absolute Gasteiger partial charge is 0.345 e. The molecule has 2 aliphatic rings. The number of piperidine rings is 1. The van der Waals surface area contributed by atoms with Crippen LogP contribution in [0, 0.1) is 17.8 Å². The number of benzene rings is 1. The molecule has 2 aliphatic heterocycles. The van der Waals surface area contributed by atoms with Gasteiger partial charge in [0.15, 0.2) is 0 Å². The monoisotopic (exact) mass is 512 g/mol. The molecule has 0 radical (unpaired) electrons. The van der Waals surface area contributed by atoms with Crippen molar-refractivity contribution in [2.24, 2.45) is 17.8 Å². The lowest BCUT2D eigenvalue weighted by Crippen LogP contribution is -2.62. The summed E-state index contributed by atoms with van der Waals surface area (Å²) in [5, 5.41) is 3.36. The van der Waals surface area contributed by atoms with E-state index < -0.39 is 6.04 Å². The highest BCUT2D eigenvalue weighted by atomic mass is 16.2. The Morgan fingerprint density at radius 2 is 1.70 bits per heavy atom. The normalized spacial score (nSPS) is 20.0. The topological polar surface area (TPSA) is 73.0 Å². The van der Waals surface area contributed by atoms with Gasteiger partial charge in [-0.1, -0.05) is 58.0 Å². The SMILES string of the molecule is CC(C)CC(C(=O)N1CCC(CC(=O)N(C)CCc2ccccc2)CC1)N1CCN[C@@H](CC(C)C)C1=O. The first-order chi connectivity index (χ1) is 17.7. The Kier molecular flexibility index (Phi) is 11.0. The Hall–Kier alpha value is -2.41. The van der Waals surface area contributed by atoms with Gasteiger partial charge in [-0.05, 0) is 55.4 Å². The lowest BCUT2D eigenvalue weighted by atomic mass is 9.91. The minimum absolute atomic E-state index is 0.0676. The molecule has 0 aliphatic carbocycles. The van der Waals surface area contributed by atoms with Gasteiger partial charge >= 0.3 is 0 Å². The molecule has 0 spiro atoms. The van der Waals surface area contributed by atoms with Crippen LogP contribution in [-0.4, -0.2) is 84.3 Å². The summed E-state index contributed by atoms with van der Waals surface area (Å²) in [6.07, 6.45) is 4.54. The van der Waals surface area contributed by atoms with Gasteiger partial charge in [-0.2, -0.15) is 0 Å². The Morgan fingerprint density at radius 1 is 1.03 bits per heavy atom. The van der Waals surface area contributed by atoms with Gasteiger partial charge in [0.25, 0.3) is 0 Å². The first-order valence-corrected chi connectivity index (χ1v) is 14.3. The lowest BCUT2D eigenvalue weighted by molar-refractivity contribution is -0.150. The van der Waals surface area contributed by atoms with Crippen LogP contribution in [0.25, 0.3) is 0 Å². The zero-order chi connectivity index (χ0) is 26.9. The number of hydrogen-bond donors (Lipinski definition) is 1. The molecule has 206 valence electrons. The van der Waals surface area contributed by atoms with Crippen LogP contribution >= 0.6 is 0 Å². The number of carbonyl (C=O) groups is 3. The Morgan fingerprint density at radius 3 is 2.32 bits per heavy atom. The van der Waals surface area contributed by atoms with Crippen molar-refractivity contribution in [3.63, 3.8) is 0 Å². The zero-order valence-electron chi connectivity index (χ0n) is 23.6. The second kappa shape index (κ2) is 13.9. The van der Waals surface area contributed by atoms with E-state index >= 15 is 0 Å². The van der Waals surface area contributed by atoms with Crippen LogP contribution in [0.2, 0.25) is 0 Å². The van der Waals surface area contributed by atoms with Gasteiger partial charge in [-0.25, -0.2) is 0 Å². The molecule has 1 aromatic rings. The molecular formula is C30H48N4O3. The zero-order valence-corrected chi connectivity index (χ0v) is 23.6. The highest BCUT2D eigenvalue weighted by molar-refractivity contribution is 5.90. The van der Waals surface area contributed by atoms with E-state index in [9.17, 15) is 14.4 Å². The highest BCUT2D eigenvalue weighted by Crippen LogP contribution is 2.25. The summed E-state index contributed by atoms with van der Waals surface area (Å²) in [5.41, 5.74) is 1.24. The van der Waals surface area contributed by atoms with Crippen molar-refractivity contribution in [1.82, 2.24) is 20.0 Å². The second-order valence-corrected chi connectivity index (χ2v) is 11.8. The van der Waals surface area contributed by atoms with Gasteiger partial charge in [-0.15, -0.1) is 0 Å². The fourth-order valence-corrected chi connectivity index (χ4v) is 5.57. The third-order valence-corrected chi connectivity index (χ3v) is 7.78. The maximum absolute atomic E-state index is 13.7. The summed E-state index contributed by atoms with van der Waals surface area (Å²) < 4.78 is 0. The molecule has 2 atom stereocenters. The van der Waals surface area contributed by atoms with Gasteiger partial charge in [-0.3, -0.25) is 14.4 Å². The van der Waals surface area contributed by atoms with Gasteiger partial charge < -0.3 is 20.0 Å². The summed E-state index contributed by atoms with van der Waals surface area (Å²) in [6.45, 7) is 11.8. The summed E-state index contributed by atoms with van der Waals surface area (Å²) in [7, 11) is 1.89. The summed E-state index contributed by atoms with van der Waals surface area (Å²) in [4.78, 5) is 45.5. The van der Waals surface area contributed by atoms with E-state index in [-0.39, 0.29) is 23.8 Å². The van der Waals surface area contributed by atoms with Crippen molar-refractivity contribution in [2.75, 3.05) is 39.8 Å². The second-order valence-electron chi connectivity index (χ2n) is 11.8. The molecular weight excluding hydrogens is 464 g/mol. The van der Waals surface area contributed by atoms with Crippen molar-refractivity contribution in [2.45, 2.75) is 78.3 Å². The van der Waals surface area contributed by atoms with Gasteiger partial charge in [0.05, 0.1) is 6.04 Å². The van der Waals surface area contributed by atoms with Crippen LogP contribution < -0.4 is 5.32 Å². The number of amides is 3. The minimum Gasteiger partial charge on any atom is -0.345 e. The van der Waals surface area contributed by atoms with Crippen LogP contribution in [0.4, 0.5) is 0 Å². The number of nitrogens with one attached hydrogen (secondary N) is 1. The quantitative estimate of drug-likeness (QED) is 0.492. The average Bonchev–Trinajstić information content (AvgIpc) is 2.87. The van der Waals surface area contributed by atoms with Crippen molar-refractivity contribution in [3.05, 3.63) is 35.9 Å². The molecule has 2 saturated heterocycles. The molecule has 7 heteroatoms. The number of nitrogens with zero attached hydrogens (tertiary/aromatic N) is 3. The fraction of sp³-hybridized carbons (Fsp3) is 0.700. The maximum Gasteiger partial charge on any atom is 0.245 e. The average molecular weight is 513 g/mol.